The number of hydrogen-bond donors (Lipinski definition) is 4. The van der Waals surface area contributed by atoms with Gasteiger partial charge in [-0.2, -0.15) is 5.10 Å². The third-order valence-corrected chi connectivity index (χ3v) is 7.62. The maximum atomic E-state index is 14.6. The van der Waals surface area contributed by atoms with Crippen LogP contribution in [0, 0.1) is 5.82 Å². The predicted molar refractivity (Wildman–Crippen MR) is 165 cm³/mol. The molecule has 0 saturated heterocycles. The first-order valence-electron chi connectivity index (χ1n) is 13.8. The van der Waals surface area contributed by atoms with Crippen LogP contribution in [-0.4, -0.2) is 55.7 Å². The number of anilines is 1. The number of sulfonamides is 1. The van der Waals surface area contributed by atoms with E-state index in [4.69, 9.17) is 4.98 Å². The average molecular weight is 614 g/mol. The van der Waals surface area contributed by atoms with E-state index in [2.05, 4.69) is 40.2 Å². The quantitative estimate of drug-likeness (QED) is 0.168. The Balaban J connectivity index is 1.35. The lowest BCUT2D eigenvalue weighted by molar-refractivity contribution is -0.116. The number of aromatic nitrogens is 7. The largest absolute Gasteiger partial charge is 0.335 e. The van der Waals surface area contributed by atoms with Gasteiger partial charge >= 0.3 is 0 Å². The highest BCUT2D eigenvalue weighted by Gasteiger charge is 2.18. The van der Waals surface area contributed by atoms with E-state index in [0.717, 1.165) is 30.0 Å². The van der Waals surface area contributed by atoms with Crippen molar-refractivity contribution in [1.82, 2.24) is 39.8 Å². The minimum absolute atomic E-state index is 0.0574. The Hall–Kier alpha value is -5.08. The van der Waals surface area contributed by atoms with Crippen LogP contribution >= 0.6 is 0 Å². The number of rotatable bonds is 10. The molecule has 0 spiro atoms. The number of carbonyl (C=O) groups excluding carboxylic acids is 1. The molecule has 44 heavy (non-hydrogen) atoms. The molecule has 0 fully saturated rings. The van der Waals surface area contributed by atoms with Gasteiger partial charge in [0.1, 0.15) is 11.5 Å². The number of carbonyl (C=O) groups is 1. The van der Waals surface area contributed by atoms with E-state index < -0.39 is 15.8 Å². The molecular formula is C30H28FN9O3S. The maximum Gasteiger partial charge on any atom is 0.224 e. The highest BCUT2D eigenvalue weighted by molar-refractivity contribution is 7.88. The summed E-state index contributed by atoms with van der Waals surface area (Å²) in [5.41, 5.74) is 5.84. The lowest BCUT2D eigenvalue weighted by atomic mass is 10.0. The highest BCUT2D eigenvalue weighted by atomic mass is 32.2. The molecule has 1 aromatic carbocycles. The summed E-state index contributed by atoms with van der Waals surface area (Å²) in [5.74, 6) is -0.119. The van der Waals surface area contributed by atoms with Gasteiger partial charge in [-0.1, -0.05) is 13.3 Å². The highest BCUT2D eigenvalue weighted by Crippen LogP contribution is 2.33. The van der Waals surface area contributed by atoms with Crippen molar-refractivity contribution >= 4 is 43.6 Å². The first-order chi connectivity index (χ1) is 21.2. The Morgan fingerprint density at radius 1 is 0.977 bits per heavy atom. The second-order valence-electron chi connectivity index (χ2n) is 10.4. The Morgan fingerprint density at radius 3 is 2.64 bits per heavy atom. The third-order valence-electron chi connectivity index (χ3n) is 6.95. The lowest BCUT2D eigenvalue weighted by Gasteiger charge is -2.07. The fourth-order valence-electron chi connectivity index (χ4n) is 4.84. The number of hydrogen-bond acceptors (Lipinski definition) is 8. The molecule has 5 aromatic heterocycles. The molecule has 4 N–H and O–H groups in total. The number of amides is 1. The van der Waals surface area contributed by atoms with Gasteiger partial charge in [-0.3, -0.25) is 24.8 Å². The van der Waals surface area contributed by atoms with Crippen molar-refractivity contribution in [1.29, 1.82) is 0 Å². The summed E-state index contributed by atoms with van der Waals surface area (Å²) in [7, 11) is -3.46. The minimum Gasteiger partial charge on any atom is -0.335 e. The zero-order valence-electron chi connectivity index (χ0n) is 23.8. The van der Waals surface area contributed by atoms with Crippen LogP contribution < -0.4 is 10.0 Å². The summed E-state index contributed by atoms with van der Waals surface area (Å²) in [6, 6.07) is 8.02. The first kappa shape index (κ1) is 29.0. The first-order valence-corrected chi connectivity index (χ1v) is 15.7. The molecule has 6 aromatic rings. The summed E-state index contributed by atoms with van der Waals surface area (Å²) in [6.07, 6.45) is 11.4. The molecule has 0 atom stereocenters. The van der Waals surface area contributed by atoms with Crippen LogP contribution in [0.3, 0.4) is 0 Å². The summed E-state index contributed by atoms with van der Waals surface area (Å²) >= 11 is 0. The van der Waals surface area contributed by atoms with Crippen LogP contribution in [0.15, 0.2) is 61.3 Å². The van der Waals surface area contributed by atoms with Gasteiger partial charge in [0.25, 0.3) is 0 Å². The molecule has 0 aliphatic heterocycles. The van der Waals surface area contributed by atoms with Gasteiger partial charge in [-0.15, -0.1) is 0 Å². The van der Waals surface area contributed by atoms with E-state index in [9.17, 15) is 17.6 Å². The fourth-order valence-corrected chi connectivity index (χ4v) is 5.27. The number of nitrogens with one attached hydrogen (secondary N) is 4. The number of fused-ring (bicyclic) bond motifs is 2. The predicted octanol–water partition coefficient (Wildman–Crippen LogP) is 4.94. The Labute approximate surface area is 251 Å². The van der Waals surface area contributed by atoms with Crippen LogP contribution in [-0.2, 0) is 21.4 Å². The number of unbranched alkanes of at least 4 members (excludes halogenated alkanes) is 1. The summed E-state index contributed by atoms with van der Waals surface area (Å²) in [6.45, 7) is 1.98. The molecule has 224 valence electrons. The van der Waals surface area contributed by atoms with Gasteiger partial charge in [0.15, 0.2) is 5.82 Å². The normalized spacial score (nSPS) is 11.8. The molecule has 0 saturated carbocycles. The van der Waals surface area contributed by atoms with E-state index >= 15 is 0 Å². The number of aromatic amines is 2. The SMILES string of the molecule is CCCCC(=O)Nc1cncc(-c2cc3c(-c4nc5c(-c6cc(F)cc(CNS(C)(=O)=O)c6)cncc5[nH]4)n[nH]c3cn2)c1. The number of halogens is 1. The van der Waals surface area contributed by atoms with Gasteiger partial charge in [0.2, 0.25) is 15.9 Å². The Kier molecular flexibility index (Phi) is 7.84. The van der Waals surface area contributed by atoms with Crippen molar-refractivity contribution in [3.8, 4) is 33.9 Å². The van der Waals surface area contributed by atoms with Crippen molar-refractivity contribution < 1.29 is 17.6 Å². The molecule has 0 bridgehead atoms. The summed E-state index contributed by atoms with van der Waals surface area (Å²) in [5, 5.41) is 11.1. The van der Waals surface area contributed by atoms with Crippen LogP contribution in [0.2, 0.25) is 0 Å². The molecule has 0 aliphatic carbocycles. The molecule has 5 heterocycles. The fraction of sp³-hybridized carbons (Fsp3) is 0.200. The molecular weight excluding hydrogens is 585 g/mol. The van der Waals surface area contributed by atoms with E-state index in [-0.39, 0.29) is 12.5 Å². The van der Waals surface area contributed by atoms with E-state index in [1.807, 2.05) is 19.1 Å². The van der Waals surface area contributed by atoms with Crippen LogP contribution in [0.4, 0.5) is 10.1 Å². The standard InChI is InChI=1S/C30H28FN9O3S/c1-3-4-5-27(41)36-21-9-19(12-32-13-21)24-10-22-25(16-34-24)39-40-29(22)30-37-26-15-33-14-23(28(26)38-30)18-6-17(7-20(31)8-18)11-35-44(2,42)43/h6-10,12-16,35H,3-5,11H2,1-2H3,(H,36,41)(H,37,38)(H,39,40). The summed E-state index contributed by atoms with van der Waals surface area (Å²) in [4.78, 5) is 33.4. The molecule has 14 heteroatoms. The number of benzene rings is 1. The number of H-pyrrole nitrogens is 2. The summed E-state index contributed by atoms with van der Waals surface area (Å²) < 4.78 is 40.1. The van der Waals surface area contributed by atoms with Gasteiger partial charge in [-0.05, 0) is 47.9 Å². The Bertz CT molecular complexity index is 2130. The number of imidazole rings is 1. The molecule has 12 nitrogen and oxygen atoms in total. The molecule has 0 aliphatic rings. The van der Waals surface area contributed by atoms with Crippen LogP contribution in [0.1, 0.15) is 31.7 Å². The molecule has 0 radical (unpaired) electrons. The maximum absolute atomic E-state index is 14.6. The minimum atomic E-state index is -3.46. The number of pyridine rings is 3. The zero-order valence-corrected chi connectivity index (χ0v) is 24.7. The van der Waals surface area contributed by atoms with Gasteiger partial charge in [-0.25, -0.2) is 22.5 Å². The Morgan fingerprint density at radius 2 is 1.82 bits per heavy atom. The van der Waals surface area contributed by atoms with Gasteiger partial charge in [0, 0.05) is 41.9 Å². The van der Waals surface area contributed by atoms with Crippen molar-refractivity contribution in [2.45, 2.75) is 32.7 Å². The average Bonchev–Trinajstić information content (AvgIpc) is 3.62. The van der Waals surface area contributed by atoms with Gasteiger partial charge in [0.05, 0.1) is 52.8 Å². The lowest BCUT2D eigenvalue weighted by Crippen LogP contribution is -2.21. The van der Waals surface area contributed by atoms with Crippen molar-refractivity contribution in [2.24, 2.45) is 0 Å². The van der Waals surface area contributed by atoms with Crippen molar-refractivity contribution in [2.75, 3.05) is 11.6 Å². The van der Waals surface area contributed by atoms with Crippen molar-refractivity contribution in [3.05, 3.63) is 72.7 Å². The zero-order chi connectivity index (χ0) is 30.8. The topological polar surface area (TPSA) is 171 Å². The van der Waals surface area contributed by atoms with E-state index in [0.29, 0.717) is 62.6 Å². The third kappa shape index (κ3) is 6.31. The number of nitrogens with zero attached hydrogens (tertiary/aromatic N) is 5. The van der Waals surface area contributed by atoms with Gasteiger partial charge < -0.3 is 10.3 Å². The monoisotopic (exact) mass is 613 g/mol. The molecule has 1 amide bonds. The van der Waals surface area contributed by atoms with E-state index in [1.165, 1.54) is 12.1 Å². The molecule has 6 rings (SSSR count). The second-order valence-corrected chi connectivity index (χ2v) is 12.2. The molecule has 0 unspecified atom stereocenters. The van der Waals surface area contributed by atoms with Crippen molar-refractivity contribution in [3.63, 3.8) is 0 Å². The smallest absolute Gasteiger partial charge is 0.224 e. The van der Waals surface area contributed by atoms with E-state index in [1.54, 1.807) is 37.1 Å². The van der Waals surface area contributed by atoms with Crippen LogP contribution in [0.5, 0.6) is 0 Å². The second kappa shape index (κ2) is 11.9. The van der Waals surface area contributed by atoms with Crippen LogP contribution in [0.25, 0.3) is 55.8 Å².